The smallest absolute Gasteiger partial charge is 0.105 e. The first kappa shape index (κ1) is 10.5. The number of rotatable bonds is 5. The zero-order valence-corrected chi connectivity index (χ0v) is 8.90. The van der Waals surface area contributed by atoms with Gasteiger partial charge in [-0.05, 0) is 19.2 Å². The Bertz CT molecular complexity index is 313. The summed E-state index contributed by atoms with van der Waals surface area (Å²) in [6, 6.07) is 6.00. The van der Waals surface area contributed by atoms with Crippen molar-refractivity contribution in [3.8, 4) is 0 Å². The predicted octanol–water partition coefficient (Wildman–Crippen LogP) is 0.716. The van der Waals surface area contributed by atoms with E-state index in [0.29, 0.717) is 6.61 Å². The maximum absolute atomic E-state index is 5.59. The lowest BCUT2D eigenvalue weighted by Crippen LogP contribution is -2.35. The molecule has 0 bridgehead atoms. The maximum Gasteiger partial charge on any atom is 0.105 e. The van der Waals surface area contributed by atoms with Gasteiger partial charge in [-0.25, -0.2) is 0 Å². The van der Waals surface area contributed by atoms with E-state index in [4.69, 9.17) is 9.47 Å². The van der Waals surface area contributed by atoms with E-state index in [0.717, 1.165) is 31.1 Å². The van der Waals surface area contributed by atoms with E-state index in [2.05, 4.69) is 10.3 Å². The lowest BCUT2D eigenvalue weighted by Gasteiger charge is -2.25. The van der Waals surface area contributed by atoms with E-state index in [-0.39, 0.29) is 6.10 Å². The number of hydrogen-bond donors (Lipinski definition) is 1. The molecule has 0 atom stereocenters. The molecule has 1 aliphatic heterocycles. The molecule has 4 heteroatoms. The molecule has 1 aromatic heterocycles. The van der Waals surface area contributed by atoms with Crippen LogP contribution in [0.4, 0.5) is 0 Å². The summed E-state index contributed by atoms with van der Waals surface area (Å²) in [4.78, 5) is 4.46. The number of hydrogen-bond acceptors (Lipinski definition) is 4. The van der Waals surface area contributed by atoms with Crippen LogP contribution in [0.2, 0.25) is 0 Å². The molecule has 4 nitrogen and oxygen atoms in total. The van der Waals surface area contributed by atoms with Gasteiger partial charge in [0.25, 0.3) is 0 Å². The second kappa shape index (κ2) is 5.21. The molecule has 0 saturated carbocycles. The molecule has 2 rings (SSSR count). The van der Waals surface area contributed by atoms with Gasteiger partial charge in [-0.2, -0.15) is 0 Å². The molecule has 0 aromatic carbocycles. The van der Waals surface area contributed by atoms with Crippen molar-refractivity contribution in [1.82, 2.24) is 10.3 Å². The van der Waals surface area contributed by atoms with Crippen LogP contribution in [0.5, 0.6) is 0 Å². The fraction of sp³-hybridized carbons (Fsp3) is 0.545. The molecule has 1 saturated heterocycles. The fourth-order valence-corrected chi connectivity index (χ4v) is 1.40. The van der Waals surface area contributed by atoms with Crippen molar-refractivity contribution < 1.29 is 9.47 Å². The van der Waals surface area contributed by atoms with Crippen LogP contribution in [0.25, 0.3) is 0 Å². The number of pyridine rings is 1. The molecule has 1 aromatic rings. The van der Waals surface area contributed by atoms with E-state index in [1.165, 1.54) is 0 Å². The minimum absolute atomic E-state index is 0.264. The van der Waals surface area contributed by atoms with E-state index in [9.17, 15) is 0 Å². The summed E-state index contributed by atoms with van der Waals surface area (Å²) in [5.74, 6) is 0. The molecule has 0 aliphatic carbocycles. The van der Waals surface area contributed by atoms with Crippen molar-refractivity contribution in [3.63, 3.8) is 0 Å². The Balaban J connectivity index is 1.86. The molecule has 0 unspecified atom stereocenters. The van der Waals surface area contributed by atoms with E-state index in [1.807, 2.05) is 25.2 Å². The van der Waals surface area contributed by atoms with E-state index < -0.39 is 0 Å². The summed E-state index contributed by atoms with van der Waals surface area (Å²) < 4.78 is 10.6. The first-order valence-electron chi connectivity index (χ1n) is 5.17. The quantitative estimate of drug-likeness (QED) is 0.774. The maximum atomic E-state index is 5.59. The summed E-state index contributed by atoms with van der Waals surface area (Å²) in [5, 5.41) is 3.08. The Morgan fingerprint density at radius 2 is 2.27 bits per heavy atom. The summed E-state index contributed by atoms with van der Waals surface area (Å²) in [5.41, 5.74) is 2.03. The van der Waals surface area contributed by atoms with Gasteiger partial charge in [-0.15, -0.1) is 0 Å². The van der Waals surface area contributed by atoms with Crippen molar-refractivity contribution in [3.05, 3.63) is 29.6 Å². The van der Waals surface area contributed by atoms with Crippen LogP contribution in [-0.2, 0) is 22.6 Å². The molecule has 0 amide bonds. The second-order valence-corrected chi connectivity index (χ2v) is 3.62. The van der Waals surface area contributed by atoms with Gasteiger partial charge in [0.1, 0.15) is 6.10 Å². The van der Waals surface area contributed by atoms with Crippen LogP contribution in [0.15, 0.2) is 18.2 Å². The topological polar surface area (TPSA) is 43.4 Å². The third-order valence-electron chi connectivity index (χ3n) is 2.30. The third-order valence-corrected chi connectivity index (χ3v) is 2.30. The Hall–Kier alpha value is -0.970. The third kappa shape index (κ3) is 2.99. The lowest BCUT2D eigenvalue weighted by molar-refractivity contribution is -0.135. The average molecular weight is 208 g/mol. The molecule has 15 heavy (non-hydrogen) atoms. The number of nitrogens with one attached hydrogen (secondary N) is 1. The van der Waals surface area contributed by atoms with Gasteiger partial charge in [0.05, 0.1) is 31.2 Å². The SMILES string of the molecule is CNCc1cccc(COC2COC2)n1. The molecule has 1 fully saturated rings. The van der Waals surface area contributed by atoms with Gasteiger partial charge >= 0.3 is 0 Å². The molecule has 2 heterocycles. The largest absolute Gasteiger partial charge is 0.376 e. The highest BCUT2D eigenvalue weighted by Gasteiger charge is 2.18. The molecule has 1 aliphatic rings. The molecule has 82 valence electrons. The van der Waals surface area contributed by atoms with Crippen LogP contribution < -0.4 is 5.32 Å². The number of aromatic nitrogens is 1. The zero-order chi connectivity index (χ0) is 10.5. The highest BCUT2D eigenvalue weighted by Crippen LogP contribution is 2.09. The molecule has 0 spiro atoms. The Morgan fingerprint density at radius 1 is 1.47 bits per heavy atom. The highest BCUT2D eigenvalue weighted by atomic mass is 16.6. The van der Waals surface area contributed by atoms with Gasteiger partial charge in [0, 0.05) is 6.54 Å². The molecular weight excluding hydrogens is 192 g/mol. The van der Waals surface area contributed by atoms with E-state index in [1.54, 1.807) is 0 Å². The summed E-state index contributed by atoms with van der Waals surface area (Å²) in [7, 11) is 1.91. The number of ether oxygens (including phenoxy) is 2. The van der Waals surface area contributed by atoms with E-state index >= 15 is 0 Å². The predicted molar refractivity (Wildman–Crippen MR) is 56.4 cm³/mol. The summed E-state index contributed by atoms with van der Waals surface area (Å²) >= 11 is 0. The Kier molecular flexibility index (Phi) is 3.66. The van der Waals surface area contributed by atoms with Crippen LogP contribution in [0.1, 0.15) is 11.4 Å². The Morgan fingerprint density at radius 3 is 2.93 bits per heavy atom. The normalized spacial score (nSPS) is 16.3. The second-order valence-electron chi connectivity index (χ2n) is 3.62. The first-order valence-corrected chi connectivity index (χ1v) is 5.17. The van der Waals surface area contributed by atoms with Gasteiger partial charge < -0.3 is 14.8 Å². The highest BCUT2D eigenvalue weighted by molar-refractivity contribution is 5.10. The minimum atomic E-state index is 0.264. The van der Waals surface area contributed by atoms with Crippen LogP contribution in [0, 0.1) is 0 Å². The van der Waals surface area contributed by atoms with Gasteiger partial charge in [-0.3, -0.25) is 4.98 Å². The number of nitrogens with zero attached hydrogens (tertiary/aromatic N) is 1. The van der Waals surface area contributed by atoms with Crippen molar-refractivity contribution in [2.24, 2.45) is 0 Å². The van der Waals surface area contributed by atoms with Crippen molar-refractivity contribution in [2.45, 2.75) is 19.3 Å². The van der Waals surface area contributed by atoms with Crippen molar-refractivity contribution >= 4 is 0 Å². The Labute approximate surface area is 89.6 Å². The minimum Gasteiger partial charge on any atom is -0.376 e. The monoisotopic (exact) mass is 208 g/mol. The average Bonchev–Trinajstić information content (AvgIpc) is 2.16. The lowest BCUT2D eigenvalue weighted by atomic mass is 10.3. The van der Waals surface area contributed by atoms with Crippen LogP contribution in [0.3, 0.4) is 0 Å². The van der Waals surface area contributed by atoms with Crippen molar-refractivity contribution in [2.75, 3.05) is 20.3 Å². The van der Waals surface area contributed by atoms with Gasteiger partial charge in [0.15, 0.2) is 0 Å². The van der Waals surface area contributed by atoms with Crippen molar-refractivity contribution in [1.29, 1.82) is 0 Å². The van der Waals surface area contributed by atoms with Gasteiger partial charge in [-0.1, -0.05) is 6.07 Å². The molecule has 1 N–H and O–H groups in total. The summed E-state index contributed by atoms with van der Waals surface area (Å²) in [6.07, 6.45) is 0.264. The molecule has 0 radical (unpaired) electrons. The standard InChI is InChI=1S/C11H16N2O2/c1-12-5-9-3-2-4-10(13-9)6-15-11-7-14-8-11/h2-4,11-12H,5-8H2,1H3. The first-order chi connectivity index (χ1) is 7.38. The van der Waals surface area contributed by atoms with Gasteiger partial charge in [0.2, 0.25) is 0 Å². The molecular formula is C11H16N2O2. The van der Waals surface area contributed by atoms with Crippen LogP contribution >= 0.6 is 0 Å². The zero-order valence-electron chi connectivity index (χ0n) is 8.90. The fourth-order valence-electron chi connectivity index (χ4n) is 1.40. The van der Waals surface area contributed by atoms with Crippen LogP contribution in [-0.4, -0.2) is 31.3 Å². The summed E-state index contributed by atoms with van der Waals surface area (Å²) in [6.45, 7) is 2.80.